The molecule has 4 aliphatic rings. The lowest BCUT2D eigenvalue weighted by Gasteiger charge is -2.58. The zero-order chi connectivity index (χ0) is 19.3. The van der Waals surface area contributed by atoms with Crippen molar-refractivity contribution in [3.63, 3.8) is 0 Å². The van der Waals surface area contributed by atoms with Gasteiger partial charge in [-0.2, -0.15) is 8.78 Å². The first-order chi connectivity index (χ1) is 12.7. The van der Waals surface area contributed by atoms with Gasteiger partial charge in [0.15, 0.2) is 0 Å². The van der Waals surface area contributed by atoms with Crippen molar-refractivity contribution in [3.8, 4) is 0 Å². The third-order valence-corrected chi connectivity index (χ3v) is 7.31. The van der Waals surface area contributed by atoms with Crippen LogP contribution in [0.1, 0.15) is 69.4 Å². The van der Waals surface area contributed by atoms with Crippen molar-refractivity contribution in [3.05, 3.63) is 35.4 Å². The highest BCUT2D eigenvalue weighted by Gasteiger charge is 2.54. The van der Waals surface area contributed by atoms with Crippen molar-refractivity contribution in [1.82, 2.24) is 0 Å². The van der Waals surface area contributed by atoms with Gasteiger partial charge < -0.3 is 4.74 Å². The maximum Gasteiger partial charge on any atom is 0.376 e. The molecule has 4 aliphatic carbocycles. The number of carbonyl (C=O) groups is 1. The smallest absolute Gasteiger partial charge is 0.376 e. The van der Waals surface area contributed by atoms with Crippen molar-refractivity contribution < 1.29 is 18.3 Å². The van der Waals surface area contributed by atoms with Crippen LogP contribution in [-0.4, -0.2) is 18.5 Å². The molecule has 5 rings (SSSR count). The molecule has 1 aromatic rings. The number of hydrogen-bond acceptors (Lipinski definition) is 2. The van der Waals surface area contributed by atoms with Crippen LogP contribution in [0.4, 0.5) is 8.78 Å². The molecule has 4 heteroatoms. The molecule has 0 spiro atoms. The minimum absolute atomic E-state index is 0.127. The van der Waals surface area contributed by atoms with Crippen LogP contribution in [0, 0.1) is 24.2 Å². The molecule has 0 aromatic heterocycles. The number of halogens is 2. The van der Waals surface area contributed by atoms with E-state index in [0.717, 1.165) is 31.6 Å². The second-order valence-corrected chi connectivity index (χ2v) is 9.76. The van der Waals surface area contributed by atoms with Crippen molar-refractivity contribution in [2.45, 2.75) is 76.6 Å². The summed E-state index contributed by atoms with van der Waals surface area (Å²) in [6, 6.07) is 8.83. The number of aryl methyl sites for hydroxylation is 1. The fourth-order valence-electron chi connectivity index (χ4n) is 6.26. The molecule has 4 saturated carbocycles. The van der Waals surface area contributed by atoms with E-state index in [9.17, 15) is 13.6 Å². The molecule has 4 bridgehead atoms. The van der Waals surface area contributed by atoms with Gasteiger partial charge in [-0.1, -0.05) is 42.7 Å². The largest absolute Gasteiger partial charge is 0.461 e. The van der Waals surface area contributed by atoms with Gasteiger partial charge in [-0.15, -0.1) is 0 Å². The third-order valence-electron chi connectivity index (χ3n) is 7.31. The van der Waals surface area contributed by atoms with E-state index in [0.29, 0.717) is 12.8 Å². The Morgan fingerprint density at radius 3 is 2.56 bits per heavy atom. The van der Waals surface area contributed by atoms with Gasteiger partial charge in [0, 0.05) is 12.3 Å². The van der Waals surface area contributed by atoms with E-state index >= 15 is 0 Å². The Labute approximate surface area is 160 Å². The molecule has 1 aromatic carbocycles. The first-order valence-corrected chi connectivity index (χ1v) is 10.3. The van der Waals surface area contributed by atoms with E-state index in [2.05, 4.69) is 31.2 Å². The van der Waals surface area contributed by atoms with Crippen molar-refractivity contribution in [2.24, 2.45) is 17.3 Å². The Kier molecular flexibility index (Phi) is 4.59. The fraction of sp³-hybridized carbons (Fsp3) is 0.696. The van der Waals surface area contributed by atoms with Crippen LogP contribution in [0.25, 0.3) is 0 Å². The summed E-state index contributed by atoms with van der Waals surface area (Å²) in [7, 11) is 0. The van der Waals surface area contributed by atoms with E-state index in [4.69, 9.17) is 4.74 Å². The molecule has 4 fully saturated rings. The molecule has 0 heterocycles. The van der Waals surface area contributed by atoms with E-state index in [1.165, 1.54) is 36.8 Å². The molecule has 2 unspecified atom stereocenters. The average Bonchev–Trinajstić information content (AvgIpc) is 2.56. The molecule has 0 radical (unpaired) electrons. The summed E-state index contributed by atoms with van der Waals surface area (Å²) in [6.45, 7) is 2.87. The Balaban J connectivity index is 1.60. The summed E-state index contributed by atoms with van der Waals surface area (Å²) in [6.07, 6.45) is 8.91. The lowest BCUT2D eigenvalue weighted by molar-refractivity contribution is -0.176. The van der Waals surface area contributed by atoms with Gasteiger partial charge in [0.05, 0.1) is 6.61 Å². The molecule has 0 aliphatic heterocycles. The number of benzene rings is 1. The highest BCUT2D eigenvalue weighted by Crippen LogP contribution is 2.62. The highest BCUT2D eigenvalue weighted by molar-refractivity contribution is 5.76. The number of esters is 1. The second kappa shape index (κ2) is 6.56. The van der Waals surface area contributed by atoms with Gasteiger partial charge in [0.1, 0.15) is 0 Å². The summed E-state index contributed by atoms with van der Waals surface area (Å²) in [5.41, 5.74) is 2.60. The van der Waals surface area contributed by atoms with Gasteiger partial charge in [-0.3, -0.25) is 0 Å². The van der Waals surface area contributed by atoms with Gasteiger partial charge in [0.25, 0.3) is 0 Å². The molecule has 0 amide bonds. The Morgan fingerprint density at radius 2 is 1.89 bits per heavy atom. The quantitative estimate of drug-likeness (QED) is 0.620. The van der Waals surface area contributed by atoms with Crippen molar-refractivity contribution in [1.29, 1.82) is 0 Å². The van der Waals surface area contributed by atoms with Crippen LogP contribution in [0.3, 0.4) is 0 Å². The predicted octanol–water partition coefficient (Wildman–Crippen LogP) is 5.81. The predicted molar refractivity (Wildman–Crippen MR) is 101 cm³/mol. The fourth-order valence-corrected chi connectivity index (χ4v) is 6.26. The van der Waals surface area contributed by atoms with Crippen LogP contribution in [0.2, 0.25) is 0 Å². The van der Waals surface area contributed by atoms with E-state index in [1.54, 1.807) is 0 Å². The minimum atomic E-state index is -3.41. The number of rotatable bonds is 4. The van der Waals surface area contributed by atoms with Gasteiger partial charge in [-0.25, -0.2) is 4.79 Å². The van der Waals surface area contributed by atoms with Crippen LogP contribution < -0.4 is 0 Å². The third kappa shape index (κ3) is 3.64. The van der Waals surface area contributed by atoms with Crippen molar-refractivity contribution >= 4 is 5.97 Å². The maximum atomic E-state index is 13.3. The summed E-state index contributed by atoms with van der Waals surface area (Å²) in [4.78, 5) is 11.7. The van der Waals surface area contributed by atoms with Crippen molar-refractivity contribution in [2.75, 3.05) is 6.61 Å². The monoisotopic (exact) mass is 376 g/mol. The number of ether oxygens (including phenoxy) is 1. The topological polar surface area (TPSA) is 26.3 Å². The second-order valence-electron chi connectivity index (χ2n) is 9.76. The SMILES string of the molecule is Cc1ccc(C23CC(CC4CCCC(COC(=O)C(C)(F)F)(C4)C2)C3)cc1. The molecule has 2 nitrogen and oxygen atoms in total. The zero-order valence-electron chi connectivity index (χ0n) is 16.4. The minimum Gasteiger partial charge on any atom is -0.461 e. The van der Waals surface area contributed by atoms with Crippen LogP contribution >= 0.6 is 0 Å². The lowest BCUT2D eigenvalue weighted by atomic mass is 9.47. The average molecular weight is 376 g/mol. The molecule has 27 heavy (non-hydrogen) atoms. The highest BCUT2D eigenvalue weighted by atomic mass is 19.3. The lowest BCUT2D eigenvalue weighted by Crippen LogP contribution is -2.51. The zero-order valence-corrected chi connectivity index (χ0v) is 16.4. The van der Waals surface area contributed by atoms with E-state index < -0.39 is 11.9 Å². The number of carbonyl (C=O) groups excluding carboxylic acids is 1. The Bertz CT molecular complexity index is 700. The summed E-state index contributed by atoms with van der Waals surface area (Å²) < 4.78 is 31.8. The summed E-state index contributed by atoms with van der Waals surface area (Å²) in [5, 5.41) is 0. The summed E-state index contributed by atoms with van der Waals surface area (Å²) in [5.74, 6) is -3.35. The molecular weight excluding hydrogens is 346 g/mol. The standard InChI is InChI=1S/C23H30F2O2/c1-16-5-7-19(8-6-16)23-12-18(13-23)10-17-4-3-9-22(11-17,14-23)15-27-20(26)21(2,24)25/h5-8,17-18H,3-4,9-15H2,1-2H3. The van der Waals surface area contributed by atoms with E-state index in [-0.39, 0.29) is 17.4 Å². The van der Waals surface area contributed by atoms with Gasteiger partial charge >= 0.3 is 11.9 Å². The maximum absolute atomic E-state index is 13.3. The van der Waals surface area contributed by atoms with Crippen LogP contribution in [0.15, 0.2) is 24.3 Å². The first-order valence-electron chi connectivity index (χ1n) is 10.3. The first kappa shape index (κ1) is 18.9. The van der Waals surface area contributed by atoms with Gasteiger partial charge in [0.2, 0.25) is 0 Å². The molecule has 148 valence electrons. The molecule has 2 atom stereocenters. The van der Waals surface area contributed by atoms with Gasteiger partial charge in [-0.05, 0) is 68.3 Å². The van der Waals surface area contributed by atoms with E-state index in [1.807, 2.05) is 0 Å². The normalized spacial score (nSPS) is 35.6. The molecule has 0 N–H and O–H groups in total. The van der Waals surface area contributed by atoms with Crippen LogP contribution in [0.5, 0.6) is 0 Å². The number of hydrogen-bond donors (Lipinski definition) is 0. The molecular formula is C23H30F2O2. The molecule has 0 saturated heterocycles. The van der Waals surface area contributed by atoms with Crippen LogP contribution in [-0.2, 0) is 14.9 Å². The Hall–Kier alpha value is -1.45. The summed E-state index contributed by atoms with van der Waals surface area (Å²) >= 11 is 0. The Morgan fingerprint density at radius 1 is 1.19 bits per heavy atom. The number of alkyl halides is 2.